The van der Waals surface area contributed by atoms with E-state index < -0.39 is 0 Å². The number of hydrogen-bond acceptors (Lipinski definition) is 3. The number of carbonyl (C=O) groups is 1. The second-order valence-electron chi connectivity index (χ2n) is 4.91. The predicted molar refractivity (Wildman–Crippen MR) is 60.9 cm³/mol. The van der Waals surface area contributed by atoms with Crippen molar-refractivity contribution in [3.05, 3.63) is 0 Å². The van der Waals surface area contributed by atoms with Crippen molar-refractivity contribution in [2.24, 2.45) is 5.92 Å². The molecule has 0 radical (unpaired) electrons. The molecule has 0 bridgehead atoms. The Morgan fingerprint density at radius 2 is 1.73 bits per heavy atom. The van der Waals surface area contributed by atoms with Crippen LogP contribution in [0.15, 0.2) is 0 Å². The monoisotopic (exact) mass is 210 g/mol. The van der Waals surface area contributed by atoms with Crippen molar-refractivity contribution in [2.45, 2.75) is 26.2 Å². The summed E-state index contributed by atoms with van der Waals surface area (Å²) in [5.74, 6) is 1.37. The van der Waals surface area contributed by atoms with Gasteiger partial charge in [0.2, 0.25) is 0 Å². The first-order chi connectivity index (χ1) is 7.28. The van der Waals surface area contributed by atoms with Crippen LogP contribution in [0, 0.1) is 5.92 Å². The molecule has 1 aliphatic heterocycles. The lowest BCUT2D eigenvalue weighted by Gasteiger charge is -2.34. The number of rotatable bonds is 5. The van der Waals surface area contributed by atoms with Crippen LogP contribution in [-0.4, -0.2) is 54.9 Å². The Kier molecular flexibility index (Phi) is 3.76. The highest BCUT2D eigenvalue weighted by Crippen LogP contribution is 2.29. The molecule has 0 aromatic carbocycles. The van der Waals surface area contributed by atoms with Gasteiger partial charge in [-0.15, -0.1) is 0 Å². The smallest absolute Gasteiger partial charge is 0.146 e. The molecule has 3 nitrogen and oxygen atoms in total. The molecule has 0 unspecified atom stereocenters. The second-order valence-corrected chi connectivity index (χ2v) is 4.91. The molecule has 86 valence electrons. The van der Waals surface area contributed by atoms with E-state index in [-0.39, 0.29) is 0 Å². The molecule has 2 rings (SSSR count). The molecule has 2 fully saturated rings. The summed E-state index contributed by atoms with van der Waals surface area (Å²) in [6.45, 7) is 8.41. The Hall–Kier alpha value is -0.410. The molecular weight excluding hydrogens is 188 g/mol. The fourth-order valence-electron chi connectivity index (χ4n) is 2.16. The standard InChI is InChI=1S/C12H22N2O/c1-2-12(15)10-14-7-5-13(6-8-14)9-11-3-4-11/h11H,2-10H2,1H3. The van der Waals surface area contributed by atoms with Gasteiger partial charge >= 0.3 is 0 Å². The number of ketones is 1. The highest BCUT2D eigenvalue weighted by Gasteiger charge is 2.26. The maximum Gasteiger partial charge on any atom is 0.146 e. The molecule has 2 aliphatic rings. The highest BCUT2D eigenvalue weighted by molar-refractivity contribution is 5.80. The summed E-state index contributed by atoms with van der Waals surface area (Å²) in [4.78, 5) is 16.2. The largest absolute Gasteiger partial charge is 0.301 e. The first-order valence-electron chi connectivity index (χ1n) is 6.24. The van der Waals surface area contributed by atoms with Crippen molar-refractivity contribution in [1.29, 1.82) is 0 Å². The van der Waals surface area contributed by atoms with Crippen molar-refractivity contribution < 1.29 is 4.79 Å². The van der Waals surface area contributed by atoms with Crippen LogP contribution in [0.5, 0.6) is 0 Å². The lowest BCUT2D eigenvalue weighted by atomic mass is 10.2. The number of hydrogen-bond donors (Lipinski definition) is 0. The average Bonchev–Trinajstić information content (AvgIpc) is 3.05. The Balaban J connectivity index is 1.64. The minimum absolute atomic E-state index is 0.380. The van der Waals surface area contributed by atoms with Crippen LogP contribution in [-0.2, 0) is 4.79 Å². The molecule has 1 aliphatic carbocycles. The van der Waals surface area contributed by atoms with Gasteiger partial charge in [0.25, 0.3) is 0 Å². The van der Waals surface area contributed by atoms with Gasteiger partial charge in [0.15, 0.2) is 0 Å². The average molecular weight is 210 g/mol. The van der Waals surface area contributed by atoms with Crippen molar-refractivity contribution in [3.63, 3.8) is 0 Å². The maximum absolute atomic E-state index is 11.3. The number of nitrogens with zero attached hydrogens (tertiary/aromatic N) is 2. The van der Waals surface area contributed by atoms with Crippen LogP contribution in [0.3, 0.4) is 0 Å². The molecule has 0 atom stereocenters. The normalized spacial score (nSPS) is 24.3. The van der Waals surface area contributed by atoms with Gasteiger partial charge in [0.1, 0.15) is 5.78 Å². The van der Waals surface area contributed by atoms with E-state index in [0.717, 1.165) is 32.1 Å². The third-order valence-electron chi connectivity index (χ3n) is 3.47. The van der Waals surface area contributed by atoms with Crippen molar-refractivity contribution >= 4 is 5.78 Å². The summed E-state index contributed by atoms with van der Waals surface area (Å²) in [7, 11) is 0. The Morgan fingerprint density at radius 3 is 2.27 bits per heavy atom. The number of piperazine rings is 1. The van der Waals surface area contributed by atoms with Crippen molar-refractivity contribution in [3.8, 4) is 0 Å². The van der Waals surface area contributed by atoms with Crippen LogP contribution in [0.4, 0.5) is 0 Å². The third-order valence-corrected chi connectivity index (χ3v) is 3.47. The number of Topliss-reactive ketones (excluding diaryl/α,β-unsaturated/α-hetero) is 1. The molecule has 0 N–H and O–H groups in total. The van der Waals surface area contributed by atoms with E-state index in [1.165, 1.54) is 19.4 Å². The minimum atomic E-state index is 0.380. The topological polar surface area (TPSA) is 23.6 Å². The summed E-state index contributed by atoms with van der Waals surface area (Å²) < 4.78 is 0. The van der Waals surface area contributed by atoms with E-state index in [9.17, 15) is 4.79 Å². The van der Waals surface area contributed by atoms with E-state index in [0.29, 0.717) is 18.7 Å². The first kappa shape index (κ1) is 11.1. The zero-order valence-corrected chi connectivity index (χ0v) is 9.74. The van der Waals surface area contributed by atoms with Crippen LogP contribution in [0.2, 0.25) is 0 Å². The molecule has 15 heavy (non-hydrogen) atoms. The van der Waals surface area contributed by atoms with Gasteiger partial charge in [-0.1, -0.05) is 6.92 Å². The van der Waals surface area contributed by atoms with Crippen LogP contribution in [0.25, 0.3) is 0 Å². The summed E-state index contributed by atoms with van der Waals surface area (Å²) >= 11 is 0. The summed E-state index contributed by atoms with van der Waals surface area (Å²) in [6.07, 6.45) is 3.56. The summed E-state index contributed by atoms with van der Waals surface area (Å²) in [6, 6.07) is 0. The molecule has 0 aromatic rings. The minimum Gasteiger partial charge on any atom is -0.301 e. The Bertz CT molecular complexity index is 218. The van der Waals surface area contributed by atoms with Gasteiger partial charge in [0, 0.05) is 39.1 Å². The molecule has 1 saturated heterocycles. The fourth-order valence-corrected chi connectivity index (χ4v) is 2.16. The lowest BCUT2D eigenvalue weighted by molar-refractivity contribution is -0.120. The van der Waals surface area contributed by atoms with Crippen molar-refractivity contribution in [1.82, 2.24) is 9.80 Å². The highest BCUT2D eigenvalue weighted by atomic mass is 16.1. The number of carbonyl (C=O) groups excluding carboxylic acids is 1. The molecule has 3 heteroatoms. The zero-order valence-electron chi connectivity index (χ0n) is 9.74. The summed E-state index contributed by atoms with van der Waals surface area (Å²) in [5, 5.41) is 0. The Morgan fingerprint density at radius 1 is 1.13 bits per heavy atom. The van der Waals surface area contributed by atoms with Crippen LogP contribution < -0.4 is 0 Å². The van der Waals surface area contributed by atoms with Crippen LogP contribution in [0.1, 0.15) is 26.2 Å². The molecule has 0 amide bonds. The van der Waals surface area contributed by atoms with Gasteiger partial charge in [-0.05, 0) is 18.8 Å². The van der Waals surface area contributed by atoms with E-state index in [4.69, 9.17) is 0 Å². The maximum atomic E-state index is 11.3. The van der Waals surface area contributed by atoms with E-state index in [2.05, 4.69) is 9.80 Å². The van der Waals surface area contributed by atoms with Crippen LogP contribution >= 0.6 is 0 Å². The molecule has 1 heterocycles. The molecule has 0 aromatic heterocycles. The zero-order chi connectivity index (χ0) is 10.7. The Labute approximate surface area is 92.4 Å². The van der Waals surface area contributed by atoms with Gasteiger partial charge in [-0.25, -0.2) is 0 Å². The quantitative estimate of drug-likeness (QED) is 0.676. The van der Waals surface area contributed by atoms with E-state index >= 15 is 0 Å². The van der Waals surface area contributed by atoms with Gasteiger partial charge in [-0.3, -0.25) is 9.69 Å². The van der Waals surface area contributed by atoms with Gasteiger partial charge in [0.05, 0.1) is 6.54 Å². The first-order valence-corrected chi connectivity index (χ1v) is 6.24. The molecule has 1 saturated carbocycles. The van der Waals surface area contributed by atoms with E-state index in [1.807, 2.05) is 6.92 Å². The fraction of sp³-hybridized carbons (Fsp3) is 0.917. The second kappa shape index (κ2) is 5.08. The predicted octanol–water partition coefficient (Wildman–Crippen LogP) is 0.993. The summed E-state index contributed by atoms with van der Waals surface area (Å²) in [5.41, 5.74) is 0. The van der Waals surface area contributed by atoms with E-state index in [1.54, 1.807) is 0 Å². The lowest BCUT2D eigenvalue weighted by Crippen LogP contribution is -2.48. The van der Waals surface area contributed by atoms with Gasteiger partial charge < -0.3 is 4.90 Å². The SMILES string of the molecule is CCC(=O)CN1CCN(CC2CC2)CC1. The van der Waals surface area contributed by atoms with Gasteiger partial charge in [-0.2, -0.15) is 0 Å². The molecule has 0 spiro atoms. The van der Waals surface area contributed by atoms with Crippen molar-refractivity contribution in [2.75, 3.05) is 39.3 Å². The molecular formula is C12H22N2O. The third kappa shape index (κ3) is 3.58.